The lowest BCUT2D eigenvalue weighted by atomic mass is 9.95. The first kappa shape index (κ1) is 20.9. The van der Waals surface area contributed by atoms with E-state index in [-0.39, 0.29) is 27.6 Å². The summed E-state index contributed by atoms with van der Waals surface area (Å²) in [6, 6.07) is 8.84. The number of halogens is 2. The van der Waals surface area contributed by atoms with Gasteiger partial charge in [-0.1, -0.05) is 37.6 Å². The van der Waals surface area contributed by atoms with Crippen LogP contribution in [0.3, 0.4) is 0 Å². The molecule has 3 aromatic rings. The number of pyridine rings is 1. The zero-order valence-corrected chi connectivity index (χ0v) is 17.4. The van der Waals surface area contributed by atoms with Gasteiger partial charge in [0, 0.05) is 21.5 Å². The molecule has 1 aromatic heterocycles. The van der Waals surface area contributed by atoms with Gasteiger partial charge in [0.15, 0.2) is 5.43 Å². The number of para-hydroxylation sites is 1. The van der Waals surface area contributed by atoms with Crippen molar-refractivity contribution in [2.75, 3.05) is 7.11 Å². The van der Waals surface area contributed by atoms with Crippen LogP contribution >= 0.6 is 11.6 Å². The van der Waals surface area contributed by atoms with Crippen LogP contribution in [0.2, 0.25) is 5.02 Å². The summed E-state index contributed by atoms with van der Waals surface area (Å²) < 4.78 is 19.8. The molecule has 29 heavy (non-hydrogen) atoms. The molecule has 0 fully saturated rings. The normalized spacial score (nSPS) is 12.2. The first-order valence-corrected chi connectivity index (χ1v) is 9.57. The maximum absolute atomic E-state index is 14.5. The number of hydrogen-bond acceptors (Lipinski definition) is 3. The van der Waals surface area contributed by atoms with E-state index in [1.807, 2.05) is 13.8 Å². The van der Waals surface area contributed by atoms with Gasteiger partial charge in [-0.15, -0.1) is 0 Å². The summed E-state index contributed by atoms with van der Waals surface area (Å²) in [5.74, 6) is -0.642. The Hall–Kier alpha value is -2.86. The van der Waals surface area contributed by atoms with E-state index in [4.69, 9.17) is 16.3 Å². The molecule has 0 spiro atoms. The molecule has 0 aliphatic rings. The van der Waals surface area contributed by atoms with E-state index in [0.29, 0.717) is 22.2 Å². The summed E-state index contributed by atoms with van der Waals surface area (Å²) in [6.07, 6.45) is 0. The number of fused-ring (bicyclic) bond motifs is 1. The van der Waals surface area contributed by atoms with Gasteiger partial charge in [-0.3, -0.25) is 9.59 Å². The van der Waals surface area contributed by atoms with Crippen LogP contribution in [-0.2, 0) is 0 Å². The Morgan fingerprint density at radius 2 is 1.97 bits per heavy atom. The van der Waals surface area contributed by atoms with Gasteiger partial charge in [0.25, 0.3) is 5.91 Å². The number of ether oxygens (including phenoxy) is 1. The van der Waals surface area contributed by atoms with E-state index in [1.54, 1.807) is 37.3 Å². The molecule has 0 radical (unpaired) electrons. The molecule has 1 atom stereocenters. The quantitative estimate of drug-likeness (QED) is 0.629. The molecule has 3 rings (SSSR count). The van der Waals surface area contributed by atoms with Crippen molar-refractivity contribution in [1.29, 1.82) is 0 Å². The number of H-pyrrole nitrogens is 1. The van der Waals surface area contributed by atoms with E-state index in [9.17, 15) is 14.0 Å². The van der Waals surface area contributed by atoms with Crippen LogP contribution in [-0.4, -0.2) is 18.0 Å². The SMILES string of the molecule is COc1cccc2c(=O)c(C)c(C(=O)N[C@H](c3ccc(Cl)cc3F)C(C)C)[nH]c12. The van der Waals surface area contributed by atoms with Crippen molar-refractivity contribution in [2.45, 2.75) is 26.8 Å². The molecule has 0 aliphatic heterocycles. The zero-order chi connectivity index (χ0) is 21.3. The molecule has 7 heteroatoms. The average Bonchev–Trinajstić information content (AvgIpc) is 2.68. The van der Waals surface area contributed by atoms with Gasteiger partial charge in [0.05, 0.1) is 18.7 Å². The lowest BCUT2D eigenvalue weighted by molar-refractivity contribution is 0.0919. The summed E-state index contributed by atoms with van der Waals surface area (Å²) in [6.45, 7) is 5.33. The molecule has 152 valence electrons. The fraction of sp³-hybridized carbons (Fsp3) is 0.273. The minimum absolute atomic E-state index is 0.100. The third-order valence-electron chi connectivity index (χ3n) is 4.93. The second-order valence-corrected chi connectivity index (χ2v) is 7.63. The van der Waals surface area contributed by atoms with Crippen LogP contribution in [0.25, 0.3) is 10.9 Å². The number of rotatable bonds is 5. The van der Waals surface area contributed by atoms with Crippen molar-refractivity contribution >= 4 is 28.4 Å². The maximum atomic E-state index is 14.5. The Kier molecular flexibility index (Phi) is 5.94. The highest BCUT2D eigenvalue weighted by Gasteiger charge is 2.24. The highest BCUT2D eigenvalue weighted by molar-refractivity contribution is 6.30. The first-order chi connectivity index (χ1) is 13.7. The maximum Gasteiger partial charge on any atom is 0.268 e. The van der Waals surface area contributed by atoms with Crippen LogP contribution in [0.1, 0.15) is 41.5 Å². The molecule has 0 saturated heterocycles. The first-order valence-electron chi connectivity index (χ1n) is 9.20. The van der Waals surface area contributed by atoms with Gasteiger partial charge in [-0.05, 0) is 37.1 Å². The van der Waals surface area contributed by atoms with Gasteiger partial charge in [-0.25, -0.2) is 4.39 Å². The van der Waals surface area contributed by atoms with Gasteiger partial charge >= 0.3 is 0 Å². The summed E-state index contributed by atoms with van der Waals surface area (Å²) in [4.78, 5) is 28.9. The fourth-order valence-electron chi connectivity index (χ4n) is 3.35. The molecule has 1 heterocycles. The van der Waals surface area contributed by atoms with Gasteiger partial charge < -0.3 is 15.0 Å². The van der Waals surface area contributed by atoms with Crippen LogP contribution < -0.4 is 15.5 Å². The summed E-state index contributed by atoms with van der Waals surface area (Å²) >= 11 is 5.85. The lowest BCUT2D eigenvalue weighted by Gasteiger charge is -2.24. The summed E-state index contributed by atoms with van der Waals surface area (Å²) in [7, 11) is 1.49. The number of carbonyl (C=O) groups is 1. The van der Waals surface area contributed by atoms with E-state index >= 15 is 0 Å². The minimum atomic E-state index is -0.601. The number of methoxy groups -OCH3 is 1. The summed E-state index contributed by atoms with van der Waals surface area (Å²) in [5.41, 5.74) is 0.904. The molecule has 0 aliphatic carbocycles. The lowest BCUT2D eigenvalue weighted by Crippen LogP contribution is -2.34. The predicted octanol–water partition coefficient (Wildman–Crippen LogP) is 4.76. The summed E-state index contributed by atoms with van der Waals surface area (Å²) in [5, 5.41) is 3.56. The number of aromatic nitrogens is 1. The van der Waals surface area contributed by atoms with Crippen LogP contribution in [0, 0.1) is 18.7 Å². The molecular weight excluding hydrogens is 395 g/mol. The topological polar surface area (TPSA) is 71.2 Å². The molecule has 0 saturated carbocycles. The monoisotopic (exact) mass is 416 g/mol. The number of amides is 1. The van der Waals surface area contributed by atoms with E-state index in [0.717, 1.165) is 0 Å². The van der Waals surface area contributed by atoms with E-state index < -0.39 is 17.8 Å². The molecule has 0 bridgehead atoms. The number of carbonyl (C=O) groups excluding carboxylic acids is 1. The van der Waals surface area contributed by atoms with Crippen molar-refractivity contribution < 1.29 is 13.9 Å². The number of benzene rings is 2. The molecular formula is C22H22ClFN2O3. The van der Waals surface area contributed by atoms with Gasteiger partial charge in [0.2, 0.25) is 0 Å². The third kappa shape index (κ3) is 3.98. The Labute approximate surface area is 172 Å². The second-order valence-electron chi connectivity index (χ2n) is 7.20. The predicted molar refractivity (Wildman–Crippen MR) is 112 cm³/mol. The van der Waals surface area contributed by atoms with Gasteiger partial charge in [0.1, 0.15) is 17.3 Å². The van der Waals surface area contributed by atoms with E-state index in [1.165, 1.54) is 13.2 Å². The fourth-order valence-corrected chi connectivity index (χ4v) is 3.51. The number of hydrogen-bond donors (Lipinski definition) is 2. The van der Waals surface area contributed by atoms with Crippen LogP contribution in [0.15, 0.2) is 41.2 Å². The second kappa shape index (κ2) is 8.25. The Balaban J connectivity index is 2.06. The standard InChI is InChI=1S/C22H22ClFN2O3/c1-11(2)18(14-9-8-13(23)10-16(14)24)26-22(28)19-12(3)21(27)15-6-5-7-17(29-4)20(15)25-19/h5-11,18H,1-4H3,(H,25,27)(H,26,28)/t18-/m0/s1. The Bertz CT molecular complexity index is 1140. The average molecular weight is 417 g/mol. The highest BCUT2D eigenvalue weighted by Crippen LogP contribution is 2.27. The van der Waals surface area contributed by atoms with Crippen LogP contribution in [0.4, 0.5) is 4.39 Å². The molecule has 2 aromatic carbocycles. The Morgan fingerprint density at radius 3 is 2.59 bits per heavy atom. The number of aromatic amines is 1. The largest absolute Gasteiger partial charge is 0.495 e. The minimum Gasteiger partial charge on any atom is -0.495 e. The zero-order valence-electron chi connectivity index (χ0n) is 16.6. The van der Waals surface area contributed by atoms with Crippen molar-refractivity contribution in [1.82, 2.24) is 10.3 Å². The van der Waals surface area contributed by atoms with Crippen molar-refractivity contribution in [3.05, 3.63) is 74.3 Å². The van der Waals surface area contributed by atoms with Crippen molar-refractivity contribution in [3.63, 3.8) is 0 Å². The molecule has 0 unspecified atom stereocenters. The van der Waals surface area contributed by atoms with Crippen molar-refractivity contribution in [2.24, 2.45) is 5.92 Å². The van der Waals surface area contributed by atoms with Crippen LogP contribution in [0.5, 0.6) is 5.75 Å². The smallest absolute Gasteiger partial charge is 0.268 e. The highest BCUT2D eigenvalue weighted by atomic mass is 35.5. The third-order valence-corrected chi connectivity index (χ3v) is 5.17. The molecule has 1 amide bonds. The van der Waals surface area contributed by atoms with Gasteiger partial charge in [-0.2, -0.15) is 0 Å². The van der Waals surface area contributed by atoms with Crippen molar-refractivity contribution in [3.8, 4) is 5.75 Å². The number of nitrogens with one attached hydrogen (secondary N) is 2. The molecule has 2 N–H and O–H groups in total. The van der Waals surface area contributed by atoms with E-state index in [2.05, 4.69) is 10.3 Å². The Morgan fingerprint density at radius 1 is 1.24 bits per heavy atom. The molecule has 5 nitrogen and oxygen atoms in total.